The van der Waals surface area contributed by atoms with Crippen molar-refractivity contribution in [1.29, 1.82) is 0 Å². The van der Waals surface area contributed by atoms with Crippen molar-refractivity contribution in [2.45, 2.75) is 96.8 Å². The number of methoxy groups -OCH3 is 1. The third-order valence-corrected chi connectivity index (χ3v) is 7.67. The average Bonchev–Trinajstić information content (AvgIpc) is 2.74. The van der Waals surface area contributed by atoms with Crippen LogP contribution >= 0.6 is 0 Å². The van der Waals surface area contributed by atoms with Crippen molar-refractivity contribution in [3.63, 3.8) is 0 Å². The van der Waals surface area contributed by atoms with Gasteiger partial charge in [-0.2, -0.15) is 0 Å². The van der Waals surface area contributed by atoms with Crippen LogP contribution in [0.1, 0.15) is 96.0 Å². The molecule has 0 unspecified atom stereocenters. The van der Waals surface area contributed by atoms with E-state index in [2.05, 4.69) is 31.2 Å². The standard InChI is InChI=1S/C26H42O/c1-3-4-5-6-21-9-15-24(16-10-21)25-17-11-22(12-18-25)7-8-23-13-19-26(27-2)20-14-23/h13-14,19-22,24-25H,3-12,15-18H2,1-2H3/t21-,22-,24-,25-. The second kappa shape index (κ2) is 11.1. The van der Waals surface area contributed by atoms with Crippen LogP contribution in [0, 0.1) is 23.7 Å². The summed E-state index contributed by atoms with van der Waals surface area (Å²) in [5.74, 6) is 5.12. The number of unbranched alkanes of at least 4 members (excludes halogenated alkanes) is 2. The smallest absolute Gasteiger partial charge is 0.118 e. The van der Waals surface area contributed by atoms with Gasteiger partial charge in [-0.3, -0.25) is 0 Å². The Bertz CT molecular complexity index is 504. The number of hydrogen-bond donors (Lipinski definition) is 0. The highest BCUT2D eigenvalue weighted by Gasteiger charge is 2.30. The number of ether oxygens (including phenoxy) is 1. The van der Waals surface area contributed by atoms with Gasteiger partial charge in [-0.05, 0) is 79.9 Å². The predicted octanol–water partition coefficient (Wildman–Crippen LogP) is 7.82. The van der Waals surface area contributed by atoms with Crippen LogP contribution in [0.3, 0.4) is 0 Å². The Morgan fingerprint density at radius 3 is 1.81 bits per heavy atom. The molecule has 1 aromatic carbocycles. The molecule has 0 saturated heterocycles. The summed E-state index contributed by atoms with van der Waals surface area (Å²) in [4.78, 5) is 0. The minimum absolute atomic E-state index is 0.966. The lowest BCUT2D eigenvalue weighted by molar-refractivity contribution is 0.140. The third kappa shape index (κ3) is 6.54. The zero-order valence-corrected chi connectivity index (χ0v) is 17.9. The lowest BCUT2D eigenvalue weighted by Gasteiger charge is -2.38. The van der Waals surface area contributed by atoms with Crippen LogP contribution in [-0.4, -0.2) is 7.11 Å². The lowest BCUT2D eigenvalue weighted by atomic mass is 9.68. The van der Waals surface area contributed by atoms with E-state index in [4.69, 9.17) is 4.74 Å². The Hall–Kier alpha value is -0.980. The van der Waals surface area contributed by atoms with Gasteiger partial charge in [0.2, 0.25) is 0 Å². The quantitative estimate of drug-likeness (QED) is 0.402. The van der Waals surface area contributed by atoms with E-state index >= 15 is 0 Å². The van der Waals surface area contributed by atoms with Gasteiger partial charge in [-0.1, -0.05) is 70.4 Å². The highest BCUT2D eigenvalue weighted by Crippen LogP contribution is 2.43. The van der Waals surface area contributed by atoms with Crippen LogP contribution in [0.4, 0.5) is 0 Å². The fourth-order valence-electron chi connectivity index (χ4n) is 5.74. The molecule has 2 aliphatic carbocycles. The summed E-state index contributed by atoms with van der Waals surface area (Å²) in [6, 6.07) is 8.68. The summed E-state index contributed by atoms with van der Waals surface area (Å²) in [6.45, 7) is 2.32. The maximum Gasteiger partial charge on any atom is 0.118 e. The molecule has 152 valence electrons. The molecular formula is C26H42O. The molecule has 1 aromatic rings. The van der Waals surface area contributed by atoms with Gasteiger partial charge in [-0.15, -0.1) is 0 Å². The summed E-state index contributed by atoms with van der Waals surface area (Å²) in [5.41, 5.74) is 1.47. The highest BCUT2D eigenvalue weighted by atomic mass is 16.5. The van der Waals surface area contributed by atoms with Crippen LogP contribution in [0.25, 0.3) is 0 Å². The molecule has 0 aromatic heterocycles. The molecule has 3 rings (SSSR count). The minimum atomic E-state index is 0.966. The van der Waals surface area contributed by atoms with Crippen molar-refractivity contribution in [3.8, 4) is 5.75 Å². The van der Waals surface area contributed by atoms with Crippen molar-refractivity contribution in [1.82, 2.24) is 0 Å². The summed E-state index contributed by atoms with van der Waals surface area (Å²) < 4.78 is 5.26. The highest BCUT2D eigenvalue weighted by molar-refractivity contribution is 5.27. The van der Waals surface area contributed by atoms with Gasteiger partial charge in [0.25, 0.3) is 0 Å². The van der Waals surface area contributed by atoms with Crippen LogP contribution in [0.15, 0.2) is 24.3 Å². The maximum atomic E-state index is 5.26. The van der Waals surface area contributed by atoms with Crippen LogP contribution in [-0.2, 0) is 6.42 Å². The Kier molecular flexibility index (Phi) is 8.55. The topological polar surface area (TPSA) is 9.23 Å². The molecule has 2 aliphatic rings. The van der Waals surface area contributed by atoms with Crippen LogP contribution < -0.4 is 4.74 Å². The lowest BCUT2D eigenvalue weighted by Crippen LogP contribution is -2.26. The minimum Gasteiger partial charge on any atom is -0.497 e. The van der Waals surface area contributed by atoms with Gasteiger partial charge in [0.05, 0.1) is 7.11 Å². The molecular weight excluding hydrogens is 328 g/mol. The van der Waals surface area contributed by atoms with Crippen molar-refractivity contribution in [2.75, 3.05) is 7.11 Å². The number of benzene rings is 1. The fourth-order valence-corrected chi connectivity index (χ4v) is 5.74. The Labute approximate surface area is 168 Å². The van der Waals surface area contributed by atoms with Crippen molar-refractivity contribution < 1.29 is 4.74 Å². The Morgan fingerprint density at radius 2 is 1.30 bits per heavy atom. The maximum absolute atomic E-state index is 5.26. The summed E-state index contributed by atoms with van der Waals surface area (Å²) >= 11 is 0. The van der Waals surface area contributed by atoms with Gasteiger partial charge in [-0.25, -0.2) is 0 Å². The first-order chi connectivity index (χ1) is 13.3. The van der Waals surface area contributed by atoms with E-state index in [1.54, 1.807) is 7.11 Å². The van der Waals surface area contributed by atoms with Crippen molar-refractivity contribution in [2.24, 2.45) is 23.7 Å². The van der Waals surface area contributed by atoms with E-state index in [0.29, 0.717) is 0 Å². The molecule has 0 atom stereocenters. The normalized spacial score (nSPS) is 28.8. The molecule has 2 saturated carbocycles. The second-order valence-corrected chi connectivity index (χ2v) is 9.44. The molecule has 2 fully saturated rings. The molecule has 0 radical (unpaired) electrons. The van der Waals surface area contributed by atoms with E-state index in [1.807, 2.05) is 0 Å². The van der Waals surface area contributed by atoms with E-state index in [9.17, 15) is 0 Å². The van der Waals surface area contributed by atoms with Crippen molar-refractivity contribution in [3.05, 3.63) is 29.8 Å². The van der Waals surface area contributed by atoms with Gasteiger partial charge in [0.15, 0.2) is 0 Å². The van der Waals surface area contributed by atoms with Crippen LogP contribution in [0.2, 0.25) is 0 Å². The molecule has 1 nitrogen and oxygen atoms in total. The number of rotatable bonds is 9. The SMILES string of the molecule is CCCCC[C@H]1CC[C@H]([C@H]2CC[C@H](CCc3ccc(OC)cc3)CC2)CC1. The van der Waals surface area contributed by atoms with Gasteiger partial charge in [0.1, 0.15) is 5.75 Å². The molecule has 0 spiro atoms. The first-order valence-corrected chi connectivity index (χ1v) is 11.9. The van der Waals surface area contributed by atoms with Gasteiger partial charge >= 0.3 is 0 Å². The number of hydrogen-bond acceptors (Lipinski definition) is 1. The van der Waals surface area contributed by atoms with Gasteiger partial charge in [0, 0.05) is 0 Å². The fraction of sp³-hybridized carbons (Fsp3) is 0.769. The molecule has 27 heavy (non-hydrogen) atoms. The molecule has 0 heterocycles. The monoisotopic (exact) mass is 370 g/mol. The van der Waals surface area contributed by atoms with E-state index < -0.39 is 0 Å². The summed E-state index contributed by atoms with van der Waals surface area (Å²) in [7, 11) is 1.74. The molecule has 0 amide bonds. The predicted molar refractivity (Wildman–Crippen MR) is 116 cm³/mol. The summed E-state index contributed by atoms with van der Waals surface area (Å²) in [5, 5.41) is 0. The average molecular weight is 371 g/mol. The zero-order chi connectivity index (χ0) is 18.9. The van der Waals surface area contributed by atoms with Crippen LogP contribution in [0.5, 0.6) is 5.75 Å². The van der Waals surface area contributed by atoms with E-state index in [-0.39, 0.29) is 0 Å². The molecule has 0 bridgehead atoms. The molecule has 0 aliphatic heterocycles. The Balaban J connectivity index is 1.32. The third-order valence-electron chi connectivity index (χ3n) is 7.67. The second-order valence-electron chi connectivity index (χ2n) is 9.44. The summed E-state index contributed by atoms with van der Waals surface area (Å²) in [6.07, 6.45) is 20.6. The Morgan fingerprint density at radius 1 is 0.741 bits per heavy atom. The largest absolute Gasteiger partial charge is 0.497 e. The zero-order valence-electron chi connectivity index (χ0n) is 17.9. The van der Waals surface area contributed by atoms with E-state index in [0.717, 1.165) is 29.4 Å². The number of aryl methyl sites for hydroxylation is 1. The first-order valence-electron chi connectivity index (χ1n) is 11.9. The molecule has 0 N–H and O–H groups in total. The molecule has 1 heteroatoms. The van der Waals surface area contributed by atoms with E-state index in [1.165, 1.54) is 95.5 Å². The van der Waals surface area contributed by atoms with Crippen molar-refractivity contribution >= 4 is 0 Å². The first kappa shape index (κ1) is 20.7. The van der Waals surface area contributed by atoms with Gasteiger partial charge < -0.3 is 4.74 Å².